The first-order chi connectivity index (χ1) is 19.0. The number of nitrogens with zero attached hydrogens (tertiary/aromatic N) is 5. The Morgan fingerprint density at radius 3 is 2.33 bits per heavy atom. The van der Waals surface area contributed by atoms with Gasteiger partial charge in [-0.05, 0) is 79.3 Å². The Hall–Kier alpha value is -4.16. The van der Waals surface area contributed by atoms with E-state index in [0.29, 0.717) is 31.6 Å². The van der Waals surface area contributed by atoms with Crippen LogP contribution in [0.25, 0.3) is 28.0 Å². The maximum Gasteiger partial charge on any atom is 0.471 e. The van der Waals surface area contributed by atoms with Crippen LogP contribution in [0.4, 0.5) is 13.2 Å². The lowest BCUT2D eigenvalue weighted by molar-refractivity contribution is -0.185. The molecule has 0 radical (unpaired) electrons. The molecule has 1 amide bonds. The average Bonchev–Trinajstić information content (AvgIpc) is 3.10. The molecule has 40 heavy (non-hydrogen) atoms. The number of benzene rings is 2. The second-order valence-electron chi connectivity index (χ2n) is 10.4. The highest BCUT2D eigenvalue weighted by Gasteiger charge is 2.42. The summed E-state index contributed by atoms with van der Waals surface area (Å²) in [7, 11) is 0. The monoisotopic (exact) mass is 545 g/mol. The number of carbonyl (C=O) groups excluding carboxylic acids is 1. The molecule has 0 aliphatic carbocycles. The fourth-order valence-electron chi connectivity index (χ4n) is 5.23. The van der Waals surface area contributed by atoms with Crippen LogP contribution in [0.1, 0.15) is 34.4 Å². The van der Waals surface area contributed by atoms with Crippen LogP contribution in [0.2, 0.25) is 0 Å². The van der Waals surface area contributed by atoms with Crippen molar-refractivity contribution in [2.24, 2.45) is 0 Å². The number of fused-ring (bicyclic) bond motifs is 1. The SMILES string of the molecule is Cc1ccc(-c2nc3ccc(-c4ccc(C#N)c(C)c4)cn3c2CN2CCCN(C(=O)C(F)(F)F)CC2)cc1C. The molecule has 0 spiro atoms. The van der Waals surface area contributed by atoms with Crippen LogP contribution in [0, 0.1) is 32.1 Å². The third kappa shape index (κ3) is 5.45. The van der Waals surface area contributed by atoms with Gasteiger partial charge >= 0.3 is 12.1 Å². The molecular formula is C31H30F3N5O. The molecule has 2 aromatic carbocycles. The highest BCUT2D eigenvalue weighted by molar-refractivity contribution is 5.81. The van der Waals surface area contributed by atoms with Crippen molar-refractivity contribution in [1.29, 1.82) is 5.26 Å². The first-order valence-corrected chi connectivity index (χ1v) is 13.2. The number of alkyl halides is 3. The van der Waals surface area contributed by atoms with Crippen LogP contribution in [0.15, 0.2) is 54.7 Å². The van der Waals surface area contributed by atoms with Gasteiger partial charge in [0.1, 0.15) is 5.65 Å². The number of hydrogen-bond donors (Lipinski definition) is 0. The molecule has 2 aromatic heterocycles. The first kappa shape index (κ1) is 27.4. The summed E-state index contributed by atoms with van der Waals surface area (Å²) < 4.78 is 41.2. The predicted molar refractivity (Wildman–Crippen MR) is 148 cm³/mol. The molecular weight excluding hydrogens is 515 g/mol. The predicted octanol–water partition coefficient (Wildman–Crippen LogP) is 6.06. The third-order valence-corrected chi connectivity index (χ3v) is 7.67. The minimum absolute atomic E-state index is 0.0177. The van der Waals surface area contributed by atoms with E-state index in [-0.39, 0.29) is 13.1 Å². The molecule has 1 aliphatic heterocycles. The molecule has 9 heteroatoms. The number of pyridine rings is 1. The van der Waals surface area contributed by atoms with Crippen LogP contribution >= 0.6 is 0 Å². The number of carbonyl (C=O) groups is 1. The zero-order valence-corrected chi connectivity index (χ0v) is 22.7. The molecule has 206 valence electrons. The van der Waals surface area contributed by atoms with Crippen molar-refractivity contribution in [2.45, 2.75) is 39.9 Å². The Bertz CT molecular complexity index is 1630. The highest BCUT2D eigenvalue weighted by atomic mass is 19.4. The molecule has 1 aliphatic rings. The van der Waals surface area contributed by atoms with Crippen molar-refractivity contribution < 1.29 is 18.0 Å². The van der Waals surface area contributed by atoms with Crippen LogP contribution in [-0.2, 0) is 11.3 Å². The Morgan fingerprint density at radius 1 is 0.900 bits per heavy atom. The van der Waals surface area contributed by atoms with Crippen molar-refractivity contribution in [1.82, 2.24) is 19.2 Å². The molecule has 0 saturated carbocycles. The second kappa shape index (κ2) is 10.8. The third-order valence-electron chi connectivity index (χ3n) is 7.67. The summed E-state index contributed by atoms with van der Waals surface area (Å²) in [4.78, 5) is 19.8. The maximum absolute atomic E-state index is 13.1. The molecule has 5 rings (SSSR count). The van der Waals surface area contributed by atoms with E-state index in [2.05, 4.69) is 41.4 Å². The van der Waals surface area contributed by atoms with Gasteiger partial charge in [0.25, 0.3) is 0 Å². The van der Waals surface area contributed by atoms with Gasteiger partial charge in [0, 0.05) is 44.5 Å². The van der Waals surface area contributed by atoms with Gasteiger partial charge in [0.15, 0.2) is 0 Å². The van der Waals surface area contributed by atoms with E-state index < -0.39 is 12.1 Å². The Morgan fingerprint density at radius 2 is 1.62 bits per heavy atom. The normalized spacial score (nSPS) is 14.8. The van der Waals surface area contributed by atoms with Gasteiger partial charge < -0.3 is 9.30 Å². The van der Waals surface area contributed by atoms with Gasteiger partial charge in [0.2, 0.25) is 0 Å². The van der Waals surface area contributed by atoms with E-state index in [0.717, 1.165) is 49.8 Å². The summed E-state index contributed by atoms with van der Waals surface area (Å²) in [5.41, 5.74) is 9.27. The second-order valence-corrected chi connectivity index (χ2v) is 10.4. The van der Waals surface area contributed by atoms with E-state index >= 15 is 0 Å². The van der Waals surface area contributed by atoms with E-state index in [4.69, 9.17) is 4.98 Å². The number of halogens is 3. The average molecular weight is 546 g/mol. The van der Waals surface area contributed by atoms with Crippen molar-refractivity contribution in [3.8, 4) is 28.5 Å². The van der Waals surface area contributed by atoms with Crippen LogP contribution in [0.3, 0.4) is 0 Å². The standard InChI is InChI=1S/C31H30F3N5O/c1-20-5-6-24(15-21(20)2)29-27(19-37-11-4-12-38(14-13-37)30(40)31(32,33)34)39-18-26(9-10-28(39)36-29)23-7-8-25(17-35)22(3)16-23/h5-10,15-16,18H,4,11-14,19H2,1-3H3. The maximum atomic E-state index is 13.1. The number of imidazole rings is 1. The fraction of sp³-hybridized carbons (Fsp3) is 0.323. The fourth-order valence-corrected chi connectivity index (χ4v) is 5.23. The summed E-state index contributed by atoms with van der Waals surface area (Å²) in [6.45, 7) is 7.48. The Labute approximate surface area is 231 Å². The van der Waals surface area contributed by atoms with E-state index in [1.54, 1.807) is 0 Å². The summed E-state index contributed by atoms with van der Waals surface area (Å²) >= 11 is 0. The molecule has 0 atom stereocenters. The lowest BCUT2D eigenvalue weighted by Crippen LogP contribution is -2.43. The smallest absolute Gasteiger partial charge is 0.334 e. The molecule has 0 N–H and O–H groups in total. The number of hydrogen-bond acceptors (Lipinski definition) is 4. The highest BCUT2D eigenvalue weighted by Crippen LogP contribution is 2.30. The van der Waals surface area contributed by atoms with Crippen molar-refractivity contribution in [3.63, 3.8) is 0 Å². The first-order valence-electron chi connectivity index (χ1n) is 13.2. The van der Waals surface area contributed by atoms with Gasteiger partial charge in [-0.1, -0.05) is 24.3 Å². The van der Waals surface area contributed by atoms with Gasteiger partial charge in [-0.2, -0.15) is 18.4 Å². The van der Waals surface area contributed by atoms with Crippen LogP contribution in [0.5, 0.6) is 0 Å². The largest absolute Gasteiger partial charge is 0.471 e. The summed E-state index contributed by atoms with van der Waals surface area (Å²) in [5.74, 6) is -1.78. The van der Waals surface area contributed by atoms with Gasteiger partial charge in [0.05, 0.1) is 23.0 Å². The van der Waals surface area contributed by atoms with E-state index in [1.807, 2.05) is 49.5 Å². The Kier molecular flexibility index (Phi) is 7.39. The van der Waals surface area contributed by atoms with E-state index in [9.17, 15) is 23.2 Å². The molecule has 0 unspecified atom stereocenters. The number of aromatic nitrogens is 2. The number of amides is 1. The number of rotatable bonds is 4. The molecule has 1 saturated heterocycles. The van der Waals surface area contributed by atoms with Crippen molar-refractivity contribution >= 4 is 11.6 Å². The number of aryl methyl sites for hydroxylation is 3. The van der Waals surface area contributed by atoms with Gasteiger partial charge in [-0.3, -0.25) is 9.69 Å². The molecule has 4 aromatic rings. The van der Waals surface area contributed by atoms with E-state index in [1.165, 1.54) is 5.56 Å². The Balaban J connectivity index is 1.54. The van der Waals surface area contributed by atoms with Crippen molar-refractivity contribution in [2.75, 3.05) is 26.2 Å². The summed E-state index contributed by atoms with van der Waals surface area (Å²) in [6.07, 6.45) is -2.39. The van der Waals surface area contributed by atoms with Crippen LogP contribution < -0.4 is 0 Å². The zero-order valence-electron chi connectivity index (χ0n) is 22.7. The van der Waals surface area contributed by atoms with Gasteiger partial charge in [-0.25, -0.2) is 4.98 Å². The topological polar surface area (TPSA) is 64.6 Å². The van der Waals surface area contributed by atoms with Gasteiger partial charge in [-0.15, -0.1) is 0 Å². The molecule has 6 nitrogen and oxygen atoms in total. The minimum Gasteiger partial charge on any atom is -0.334 e. The zero-order chi connectivity index (χ0) is 28.6. The molecule has 3 heterocycles. The quantitative estimate of drug-likeness (QED) is 0.313. The molecule has 1 fully saturated rings. The van der Waals surface area contributed by atoms with Crippen molar-refractivity contribution in [3.05, 3.63) is 82.7 Å². The summed E-state index contributed by atoms with van der Waals surface area (Å²) in [6, 6.07) is 18.1. The molecule has 0 bridgehead atoms. The number of nitriles is 1. The minimum atomic E-state index is -4.87. The summed E-state index contributed by atoms with van der Waals surface area (Å²) in [5, 5.41) is 9.32. The lowest BCUT2D eigenvalue weighted by Gasteiger charge is -2.23. The van der Waals surface area contributed by atoms with Crippen LogP contribution in [-0.4, -0.2) is 57.4 Å². The lowest BCUT2D eigenvalue weighted by atomic mass is 10.0.